The Morgan fingerprint density at radius 2 is 2.46 bits per heavy atom. The second-order valence-electron chi connectivity index (χ2n) is 4.06. The van der Waals surface area contributed by atoms with Crippen molar-refractivity contribution in [3.63, 3.8) is 0 Å². The fourth-order valence-electron chi connectivity index (χ4n) is 1.52. The van der Waals surface area contributed by atoms with Crippen molar-refractivity contribution in [3.05, 3.63) is 0 Å². The Labute approximate surface area is 81.0 Å². The Morgan fingerprint density at radius 3 is 3.08 bits per heavy atom. The quantitative estimate of drug-likeness (QED) is 0.597. The van der Waals surface area contributed by atoms with Crippen LogP contribution in [0.1, 0.15) is 19.8 Å². The van der Waals surface area contributed by atoms with Crippen LogP contribution in [-0.4, -0.2) is 32.8 Å². The monoisotopic (exact) mass is 186 g/mol. The standard InChI is InChI=1S/C10H22N2O/c1-9(6-11)2-4-12-7-10-3-5-13-8-10/h9-10,12H,2-8,11H2,1H3. The fraction of sp³-hybridized carbons (Fsp3) is 1.00. The summed E-state index contributed by atoms with van der Waals surface area (Å²) < 4.78 is 5.30. The van der Waals surface area contributed by atoms with Gasteiger partial charge in [0, 0.05) is 13.2 Å². The highest BCUT2D eigenvalue weighted by Gasteiger charge is 2.14. The molecule has 1 fully saturated rings. The molecule has 0 spiro atoms. The van der Waals surface area contributed by atoms with Crippen molar-refractivity contribution in [1.29, 1.82) is 0 Å². The Balaban J connectivity index is 1.88. The van der Waals surface area contributed by atoms with Crippen molar-refractivity contribution in [2.24, 2.45) is 17.6 Å². The van der Waals surface area contributed by atoms with Crippen molar-refractivity contribution in [1.82, 2.24) is 5.32 Å². The first-order valence-electron chi connectivity index (χ1n) is 5.31. The van der Waals surface area contributed by atoms with Gasteiger partial charge in [-0.25, -0.2) is 0 Å². The third-order valence-corrected chi connectivity index (χ3v) is 2.67. The zero-order valence-electron chi connectivity index (χ0n) is 8.59. The van der Waals surface area contributed by atoms with E-state index in [1.54, 1.807) is 0 Å². The molecule has 0 aromatic heterocycles. The molecular weight excluding hydrogens is 164 g/mol. The summed E-state index contributed by atoms with van der Waals surface area (Å²) in [6.45, 7) is 7.09. The molecule has 1 saturated heterocycles. The molecule has 0 radical (unpaired) electrons. The van der Waals surface area contributed by atoms with Gasteiger partial charge in [0.05, 0.1) is 6.61 Å². The van der Waals surface area contributed by atoms with E-state index in [2.05, 4.69) is 12.2 Å². The minimum absolute atomic E-state index is 0.646. The lowest BCUT2D eigenvalue weighted by Crippen LogP contribution is -2.26. The molecule has 0 aliphatic carbocycles. The summed E-state index contributed by atoms with van der Waals surface area (Å²) in [5.74, 6) is 1.39. The van der Waals surface area contributed by atoms with Crippen molar-refractivity contribution in [2.75, 3.05) is 32.8 Å². The van der Waals surface area contributed by atoms with E-state index in [0.717, 1.165) is 38.8 Å². The van der Waals surface area contributed by atoms with Crippen molar-refractivity contribution in [3.8, 4) is 0 Å². The third kappa shape index (κ3) is 4.60. The second-order valence-corrected chi connectivity index (χ2v) is 4.06. The second kappa shape index (κ2) is 6.35. The van der Waals surface area contributed by atoms with Crippen LogP contribution >= 0.6 is 0 Å². The molecule has 0 aromatic carbocycles. The highest BCUT2D eigenvalue weighted by Crippen LogP contribution is 2.10. The number of hydrogen-bond donors (Lipinski definition) is 2. The zero-order valence-corrected chi connectivity index (χ0v) is 8.59. The molecule has 0 amide bonds. The maximum Gasteiger partial charge on any atom is 0.0507 e. The Morgan fingerprint density at radius 1 is 1.62 bits per heavy atom. The normalized spacial score (nSPS) is 24.9. The summed E-state index contributed by atoms with van der Waals surface area (Å²) in [5.41, 5.74) is 5.53. The molecule has 0 saturated carbocycles. The first kappa shape index (κ1) is 11.0. The molecule has 3 heteroatoms. The van der Waals surface area contributed by atoms with Crippen LogP contribution in [0.15, 0.2) is 0 Å². The van der Waals surface area contributed by atoms with E-state index in [-0.39, 0.29) is 0 Å². The van der Waals surface area contributed by atoms with Crippen molar-refractivity contribution < 1.29 is 4.74 Å². The highest BCUT2D eigenvalue weighted by molar-refractivity contribution is 4.67. The third-order valence-electron chi connectivity index (χ3n) is 2.67. The van der Waals surface area contributed by atoms with E-state index in [1.807, 2.05) is 0 Å². The van der Waals surface area contributed by atoms with Crippen LogP contribution in [0.25, 0.3) is 0 Å². The Bertz CT molecular complexity index is 124. The van der Waals surface area contributed by atoms with Gasteiger partial charge in [0.2, 0.25) is 0 Å². The van der Waals surface area contributed by atoms with E-state index >= 15 is 0 Å². The summed E-state index contributed by atoms with van der Waals surface area (Å²) >= 11 is 0. The first-order chi connectivity index (χ1) is 6.33. The van der Waals surface area contributed by atoms with Crippen LogP contribution in [0.2, 0.25) is 0 Å². The van der Waals surface area contributed by atoms with E-state index < -0.39 is 0 Å². The summed E-state index contributed by atoms with van der Waals surface area (Å²) in [6, 6.07) is 0. The van der Waals surface area contributed by atoms with Gasteiger partial charge in [0.25, 0.3) is 0 Å². The van der Waals surface area contributed by atoms with Gasteiger partial charge in [-0.15, -0.1) is 0 Å². The molecule has 1 heterocycles. The smallest absolute Gasteiger partial charge is 0.0507 e. The SMILES string of the molecule is CC(CN)CCNCC1CCOC1. The zero-order chi connectivity index (χ0) is 9.52. The van der Waals surface area contributed by atoms with Gasteiger partial charge in [-0.05, 0) is 37.8 Å². The van der Waals surface area contributed by atoms with E-state index in [4.69, 9.17) is 10.5 Å². The fourth-order valence-corrected chi connectivity index (χ4v) is 1.52. The van der Waals surface area contributed by atoms with Gasteiger partial charge in [0.15, 0.2) is 0 Å². The summed E-state index contributed by atoms with van der Waals surface area (Å²) in [4.78, 5) is 0. The van der Waals surface area contributed by atoms with Crippen LogP contribution in [0.4, 0.5) is 0 Å². The average Bonchev–Trinajstić information content (AvgIpc) is 2.64. The predicted molar refractivity (Wildman–Crippen MR) is 54.6 cm³/mol. The van der Waals surface area contributed by atoms with Gasteiger partial charge in [0.1, 0.15) is 0 Å². The van der Waals surface area contributed by atoms with Gasteiger partial charge >= 0.3 is 0 Å². The lowest BCUT2D eigenvalue weighted by Gasteiger charge is -2.11. The average molecular weight is 186 g/mol. The van der Waals surface area contributed by atoms with E-state index in [0.29, 0.717) is 5.92 Å². The van der Waals surface area contributed by atoms with Crippen molar-refractivity contribution >= 4 is 0 Å². The Kier molecular flexibility index (Phi) is 5.35. The Hall–Kier alpha value is -0.120. The van der Waals surface area contributed by atoms with Crippen LogP contribution in [0.5, 0.6) is 0 Å². The molecule has 1 aliphatic heterocycles. The maximum absolute atomic E-state index is 5.53. The van der Waals surface area contributed by atoms with Crippen molar-refractivity contribution in [2.45, 2.75) is 19.8 Å². The number of nitrogens with one attached hydrogen (secondary N) is 1. The molecule has 3 N–H and O–H groups in total. The molecule has 0 bridgehead atoms. The highest BCUT2D eigenvalue weighted by atomic mass is 16.5. The first-order valence-corrected chi connectivity index (χ1v) is 5.31. The van der Waals surface area contributed by atoms with E-state index in [1.165, 1.54) is 12.8 Å². The number of hydrogen-bond acceptors (Lipinski definition) is 3. The van der Waals surface area contributed by atoms with Gasteiger partial charge in [-0.1, -0.05) is 6.92 Å². The minimum Gasteiger partial charge on any atom is -0.381 e. The lowest BCUT2D eigenvalue weighted by atomic mass is 10.1. The summed E-state index contributed by atoms with van der Waals surface area (Å²) in [5, 5.41) is 3.46. The maximum atomic E-state index is 5.53. The van der Waals surface area contributed by atoms with Gasteiger partial charge in [-0.3, -0.25) is 0 Å². The van der Waals surface area contributed by atoms with Crippen LogP contribution in [0.3, 0.4) is 0 Å². The van der Waals surface area contributed by atoms with Crippen LogP contribution in [0, 0.1) is 11.8 Å². The van der Waals surface area contributed by atoms with Gasteiger partial charge < -0.3 is 15.8 Å². The molecule has 2 unspecified atom stereocenters. The van der Waals surface area contributed by atoms with Crippen LogP contribution in [-0.2, 0) is 4.74 Å². The molecule has 13 heavy (non-hydrogen) atoms. The summed E-state index contributed by atoms with van der Waals surface area (Å²) in [6.07, 6.45) is 2.41. The van der Waals surface area contributed by atoms with Crippen LogP contribution < -0.4 is 11.1 Å². The molecule has 2 atom stereocenters. The largest absolute Gasteiger partial charge is 0.381 e. The molecule has 0 aromatic rings. The number of rotatable bonds is 6. The molecule has 1 rings (SSSR count). The predicted octanol–water partition coefficient (Wildman–Crippen LogP) is 0.597. The molecule has 78 valence electrons. The topological polar surface area (TPSA) is 47.3 Å². The number of ether oxygens (including phenoxy) is 1. The minimum atomic E-state index is 0.646. The molecule has 3 nitrogen and oxygen atoms in total. The molecular formula is C10H22N2O. The molecule has 1 aliphatic rings. The summed E-state index contributed by atoms with van der Waals surface area (Å²) in [7, 11) is 0. The number of nitrogens with two attached hydrogens (primary N) is 1. The lowest BCUT2D eigenvalue weighted by molar-refractivity contribution is 0.185. The van der Waals surface area contributed by atoms with E-state index in [9.17, 15) is 0 Å². The van der Waals surface area contributed by atoms with Gasteiger partial charge in [-0.2, -0.15) is 0 Å².